The Balaban J connectivity index is 2.19. The average Bonchev–Trinajstić information content (AvgIpc) is 2.65. The number of carbonyl (C=O) groups is 2. The first-order valence-electron chi connectivity index (χ1n) is 8.06. The van der Waals surface area contributed by atoms with Crippen LogP contribution in [0.25, 0.3) is 6.08 Å². The van der Waals surface area contributed by atoms with E-state index in [0.29, 0.717) is 5.69 Å². The molecule has 0 aromatic heterocycles. The van der Waals surface area contributed by atoms with Gasteiger partial charge in [-0.2, -0.15) is 17.6 Å². The molecular weight excluding hydrogens is 396 g/mol. The lowest BCUT2D eigenvalue weighted by Gasteiger charge is -2.15. The van der Waals surface area contributed by atoms with Crippen molar-refractivity contribution in [2.45, 2.75) is 13.2 Å². The smallest absolute Gasteiger partial charge is 0.387 e. The lowest BCUT2D eigenvalue weighted by Crippen LogP contribution is -2.24. The summed E-state index contributed by atoms with van der Waals surface area (Å²) in [7, 11) is 1.46. The van der Waals surface area contributed by atoms with E-state index in [4.69, 9.17) is 5.73 Å². The summed E-state index contributed by atoms with van der Waals surface area (Å²) in [4.78, 5) is 24.6. The van der Waals surface area contributed by atoms with Crippen LogP contribution in [-0.2, 0) is 4.79 Å². The van der Waals surface area contributed by atoms with Crippen LogP contribution in [0.3, 0.4) is 0 Å². The van der Waals surface area contributed by atoms with Gasteiger partial charge in [0.1, 0.15) is 11.5 Å². The second-order valence-corrected chi connectivity index (χ2v) is 5.60. The molecule has 0 spiro atoms. The number of halogens is 4. The van der Waals surface area contributed by atoms with Crippen LogP contribution in [0.4, 0.5) is 23.2 Å². The number of likely N-dealkylation sites (N-methyl/N-ethyl adjacent to an activating group) is 1. The van der Waals surface area contributed by atoms with Crippen LogP contribution >= 0.6 is 0 Å². The number of nitrogens with zero attached hydrogens (tertiary/aromatic N) is 1. The van der Waals surface area contributed by atoms with Crippen molar-refractivity contribution in [3.63, 3.8) is 0 Å². The molecule has 2 rings (SSSR count). The standard InChI is InChI=1S/C19H16F4N2O4/c1-25(13-6-2-12(3-7-13)17(24)27)16(26)9-5-11-4-8-14(28-18(20)21)10-15(11)29-19(22)23/h2-10,18-19H,1H3,(H2,24,27). The second kappa shape index (κ2) is 9.58. The van der Waals surface area contributed by atoms with Crippen LogP contribution in [0.5, 0.6) is 11.5 Å². The van der Waals surface area contributed by atoms with Gasteiger partial charge in [0.2, 0.25) is 5.91 Å². The Morgan fingerprint density at radius 2 is 1.62 bits per heavy atom. The van der Waals surface area contributed by atoms with Gasteiger partial charge in [-0.25, -0.2) is 0 Å². The zero-order valence-electron chi connectivity index (χ0n) is 15.0. The number of hydrogen-bond donors (Lipinski definition) is 1. The number of amides is 2. The molecule has 10 heteroatoms. The third kappa shape index (κ3) is 6.23. The summed E-state index contributed by atoms with van der Waals surface area (Å²) in [6, 6.07) is 9.10. The van der Waals surface area contributed by atoms with Crippen molar-refractivity contribution in [1.29, 1.82) is 0 Å². The molecule has 0 aliphatic heterocycles. The molecule has 6 nitrogen and oxygen atoms in total. The second-order valence-electron chi connectivity index (χ2n) is 5.60. The quantitative estimate of drug-likeness (QED) is 0.530. The van der Waals surface area contributed by atoms with Crippen LogP contribution in [0.1, 0.15) is 15.9 Å². The first kappa shape index (κ1) is 21.7. The molecule has 29 heavy (non-hydrogen) atoms. The number of benzene rings is 2. The van der Waals surface area contributed by atoms with Crippen molar-refractivity contribution in [2.75, 3.05) is 11.9 Å². The maximum Gasteiger partial charge on any atom is 0.387 e. The third-order valence-corrected chi connectivity index (χ3v) is 3.70. The van der Waals surface area contributed by atoms with Gasteiger partial charge in [-0.05, 0) is 42.5 Å². The van der Waals surface area contributed by atoms with Crippen molar-refractivity contribution in [3.05, 3.63) is 59.7 Å². The maximum atomic E-state index is 12.6. The van der Waals surface area contributed by atoms with Gasteiger partial charge in [-0.3, -0.25) is 9.59 Å². The van der Waals surface area contributed by atoms with Gasteiger partial charge in [0, 0.05) is 36.0 Å². The highest BCUT2D eigenvalue weighted by molar-refractivity contribution is 6.04. The van der Waals surface area contributed by atoms with Crippen molar-refractivity contribution >= 4 is 23.6 Å². The molecule has 2 aromatic rings. The summed E-state index contributed by atoms with van der Waals surface area (Å²) in [5.41, 5.74) is 5.93. The van der Waals surface area contributed by atoms with Gasteiger partial charge in [0.05, 0.1) is 0 Å². The number of rotatable bonds is 8. The predicted octanol–water partition coefficient (Wildman–Crippen LogP) is 3.66. The van der Waals surface area contributed by atoms with Crippen LogP contribution in [0, 0.1) is 0 Å². The van der Waals surface area contributed by atoms with E-state index < -0.39 is 30.8 Å². The van der Waals surface area contributed by atoms with E-state index in [1.807, 2.05) is 0 Å². The van der Waals surface area contributed by atoms with Gasteiger partial charge in [0.15, 0.2) is 0 Å². The predicted molar refractivity (Wildman–Crippen MR) is 97.1 cm³/mol. The topological polar surface area (TPSA) is 81.9 Å². The van der Waals surface area contributed by atoms with E-state index in [0.717, 1.165) is 18.2 Å². The number of primary amides is 1. The van der Waals surface area contributed by atoms with Crippen LogP contribution in [-0.4, -0.2) is 32.1 Å². The molecule has 2 amide bonds. The fourth-order valence-electron chi connectivity index (χ4n) is 2.28. The van der Waals surface area contributed by atoms with E-state index in [2.05, 4.69) is 9.47 Å². The van der Waals surface area contributed by atoms with Crippen LogP contribution in [0.15, 0.2) is 48.5 Å². The monoisotopic (exact) mass is 412 g/mol. The Labute approximate surface area is 163 Å². The van der Waals surface area contributed by atoms with E-state index >= 15 is 0 Å². The minimum absolute atomic E-state index is 0.0535. The molecule has 2 aromatic carbocycles. The Morgan fingerprint density at radius 1 is 1.00 bits per heavy atom. The molecule has 0 atom stereocenters. The number of ether oxygens (including phenoxy) is 2. The average molecular weight is 412 g/mol. The molecule has 0 aliphatic carbocycles. The Kier molecular flexibility index (Phi) is 7.18. The Bertz CT molecular complexity index is 902. The van der Waals surface area contributed by atoms with Crippen molar-refractivity contribution in [2.24, 2.45) is 5.73 Å². The van der Waals surface area contributed by atoms with Gasteiger partial charge >= 0.3 is 13.2 Å². The van der Waals surface area contributed by atoms with Gasteiger partial charge in [-0.15, -0.1) is 0 Å². The lowest BCUT2D eigenvalue weighted by atomic mass is 10.1. The molecule has 2 N–H and O–H groups in total. The molecule has 0 bridgehead atoms. The van der Waals surface area contributed by atoms with Crippen LogP contribution in [0.2, 0.25) is 0 Å². The van der Waals surface area contributed by atoms with Gasteiger partial charge in [0.25, 0.3) is 5.91 Å². The number of alkyl halides is 4. The largest absolute Gasteiger partial charge is 0.435 e. The zero-order valence-corrected chi connectivity index (χ0v) is 15.0. The summed E-state index contributed by atoms with van der Waals surface area (Å²) < 4.78 is 58.2. The van der Waals surface area contributed by atoms with E-state index in [1.54, 1.807) is 0 Å². The number of carbonyl (C=O) groups excluding carboxylic acids is 2. The van der Waals surface area contributed by atoms with Crippen LogP contribution < -0.4 is 20.1 Å². The van der Waals surface area contributed by atoms with Gasteiger partial charge < -0.3 is 20.1 Å². The molecule has 0 heterocycles. The molecule has 0 unspecified atom stereocenters. The maximum absolute atomic E-state index is 12.6. The zero-order chi connectivity index (χ0) is 21.6. The summed E-state index contributed by atoms with van der Waals surface area (Å²) in [6.45, 7) is -6.34. The molecule has 0 fully saturated rings. The molecular formula is C19H16F4N2O4. The number of nitrogens with two attached hydrogens (primary N) is 1. The van der Waals surface area contributed by atoms with E-state index in [1.165, 1.54) is 48.4 Å². The van der Waals surface area contributed by atoms with Gasteiger partial charge in [-0.1, -0.05) is 0 Å². The third-order valence-electron chi connectivity index (χ3n) is 3.70. The molecule has 0 radical (unpaired) electrons. The Morgan fingerprint density at radius 3 is 2.17 bits per heavy atom. The van der Waals surface area contributed by atoms with Crippen molar-refractivity contribution < 1.29 is 36.6 Å². The number of hydrogen-bond acceptors (Lipinski definition) is 4. The molecule has 154 valence electrons. The number of anilines is 1. The normalized spacial score (nSPS) is 11.1. The first-order valence-corrected chi connectivity index (χ1v) is 8.06. The highest BCUT2D eigenvalue weighted by atomic mass is 19.3. The van der Waals surface area contributed by atoms with E-state index in [9.17, 15) is 27.2 Å². The summed E-state index contributed by atoms with van der Waals surface area (Å²) in [6.07, 6.45) is 2.28. The fourth-order valence-corrected chi connectivity index (χ4v) is 2.28. The molecule has 0 saturated heterocycles. The van der Waals surface area contributed by atoms with Crippen molar-refractivity contribution in [3.8, 4) is 11.5 Å². The lowest BCUT2D eigenvalue weighted by molar-refractivity contribution is -0.113. The highest BCUT2D eigenvalue weighted by Gasteiger charge is 2.13. The minimum atomic E-state index is -3.20. The summed E-state index contributed by atoms with van der Waals surface area (Å²) >= 11 is 0. The summed E-state index contributed by atoms with van der Waals surface area (Å²) in [5, 5.41) is 0. The molecule has 0 saturated carbocycles. The van der Waals surface area contributed by atoms with Crippen molar-refractivity contribution in [1.82, 2.24) is 0 Å². The first-order chi connectivity index (χ1) is 13.7. The fraction of sp³-hybridized carbons (Fsp3) is 0.158. The SMILES string of the molecule is CN(C(=O)C=Cc1ccc(OC(F)F)cc1OC(F)F)c1ccc(C(N)=O)cc1. The highest BCUT2D eigenvalue weighted by Crippen LogP contribution is 2.28. The summed E-state index contributed by atoms with van der Waals surface area (Å²) in [5.74, 6) is -1.94. The van der Waals surface area contributed by atoms with E-state index in [-0.39, 0.29) is 16.9 Å². The molecule has 0 aliphatic rings. The minimum Gasteiger partial charge on any atom is -0.435 e. The Hall–Kier alpha value is -3.56.